The molecular formula is C41H65N5O8S. The van der Waals surface area contributed by atoms with Gasteiger partial charge in [0.25, 0.3) is 5.91 Å². The molecule has 0 spiro atoms. The van der Waals surface area contributed by atoms with Crippen molar-refractivity contribution in [2.45, 2.75) is 84.8 Å². The minimum Gasteiger partial charge on any atom is -0.496 e. The van der Waals surface area contributed by atoms with E-state index >= 15 is 0 Å². The first-order valence-electron chi connectivity index (χ1n) is 19.2. The Hall–Kier alpha value is -3.27. The molecule has 2 amide bonds. The molecule has 2 aromatic carbocycles. The average molecular weight is 788 g/mol. The van der Waals surface area contributed by atoms with E-state index in [4.69, 9.17) is 9.57 Å². The number of aliphatic hydroxyl groups is 2. The van der Waals surface area contributed by atoms with Crippen LogP contribution in [0, 0.1) is 29.1 Å². The molecule has 1 heterocycles. The van der Waals surface area contributed by atoms with Crippen molar-refractivity contribution in [1.29, 1.82) is 0 Å². The van der Waals surface area contributed by atoms with Crippen molar-refractivity contribution in [3.05, 3.63) is 47.5 Å². The lowest BCUT2D eigenvalue weighted by Gasteiger charge is -2.50. The van der Waals surface area contributed by atoms with E-state index in [9.17, 15) is 28.2 Å². The number of sulfone groups is 1. The lowest BCUT2D eigenvalue weighted by atomic mass is 9.58. The van der Waals surface area contributed by atoms with Crippen LogP contribution in [0.25, 0.3) is 11.1 Å². The molecule has 2 aliphatic rings. The maximum absolute atomic E-state index is 14.3. The Kier molecular flexibility index (Phi) is 14.5. The number of ether oxygens (including phenoxy) is 1. The van der Waals surface area contributed by atoms with Crippen LogP contribution in [0.3, 0.4) is 0 Å². The minimum atomic E-state index is -3.37. The number of para-hydroxylation sites is 1. The summed E-state index contributed by atoms with van der Waals surface area (Å²) in [5.74, 6) is -0.0818. The molecule has 1 aliphatic heterocycles. The van der Waals surface area contributed by atoms with Crippen molar-refractivity contribution < 1.29 is 37.8 Å². The largest absolute Gasteiger partial charge is 0.496 e. The van der Waals surface area contributed by atoms with E-state index in [-0.39, 0.29) is 42.2 Å². The Labute approximate surface area is 328 Å². The van der Waals surface area contributed by atoms with Gasteiger partial charge in [0.15, 0.2) is 0 Å². The van der Waals surface area contributed by atoms with Crippen LogP contribution < -0.4 is 20.3 Å². The Morgan fingerprint density at radius 2 is 1.78 bits per heavy atom. The number of likely N-dealkylation sites (N-methyl/N-ethyl adjacent to an activating group) is 1. The smallest absolute Gasteiger partial charge is 0.251 e. The van der Waals surface area contributed by atoms with E-state index in [1.807, 2.05) is 62.3 Å². The number of nitrogens with zero attached hydrogens (tertiary/aromatic N) is 3. The third-order valence-corrected chi connectivity index (χ3v) is 13.2. The van der Waals surface area contributed by atoms with Gasteiger partial charge in [0, 0.05) is 61.2 Å². The summed E-state index contributed by atoms with van der Waals surface area (Å²) in [5.41, 5.74) is 3.28. The summed E-state index contributed by atoms with van der Waals surface area (Å²) in [6, 6.07) is 9.48. The number of carbonyl (C=O) groups excluding carboxylic acids is 2. The first kappa shape index (κ1) is 44.4. The molecule has 2 aromatic rings. The molecule has 308 valence electrons. The van der Waals surface area contributed by atoms with Crippen LogP contribution in [-0.2, 0) is 26.0 Å². The fourth-order valence-electron chi connectivity index (χ4n) is 8.42. The number of carbonyl (C=O) groups is 2. The number of rotatable bonds is 15. The predicted molar refractivity (Wildman–Crippen MR) is 217 cm³/mol. The van der Waals surface area contributed by atoms with Crippen LogP contribution in [0.1, 0.15) is 63.9 Å². The Balaban J connectivity index is 1.70. The standard InChI is InChI=1S/C41H65N5O8S/c1-24-16-34(25(2)26(3)41(24,5)6)43-40(50)37-36(27(4)48)35(22-47)54-46(37)20-28-14-13-15-33(38(28)53-11)29-17-30(19-32(18-29)45(9)10)39(49)42-31(21-44(7)8)23-55(12,51)52/h13-15,17-19,24-27,31,34-37,47-48H,16,20-23H2,1-12H3,(H,42,49)(H,43,50)/t24-,25+,26+,27+,31-,34+,35+,36-,37+/m1/s1. The van der Waals surface area contributed by atoms with E-state index in [1.165, 1.54) is 0 Å². The van der Waals surface area contributed by atoms with Gasteiger partial charge in [-0.15, -0.1) is 0 Å². The van der Waals surface area contributed by atoms with Crippen LogP contribution in [0.4, 0.5) is 5.69 Å². The fourth-order valence-corrected chi connectivity index (χ4v) is 9.34. The first-order chi connectivity index (χ1) is 25.6. The Morgan fingerprint density at radius 1 is 1.11 bits per heavy atom. The zero-order chi connectivity index (χ0) is 41.2. The molecule has 13 nitrogen and oxygen atoms in total. The van der Waals surface area contributed by atoms with E-state index in [0.717, 1.165) is 18.4 Å². The van der Waals surface area contributed by atoms with E-state index in [0.29, 0.717) is 46.4 Å². The summed E-state index contributed by atoms with van der Waals surface area (Å²) in [5, 5.41) is 29.1. The highest BCUT2D eigenvalue weighted by Crippen LogP contribution is 2.47. The monoisotopic (exact) mass is 787 g/mol. The molecule has 0 unspecified atom stereocenters. The van der Waals surface area contributed by atoms with Gasteiger partial charge < -0.3 is 35.4 Å². The van der Waals surface area contributed by atoms with Crippen molar-refractivity contribution in [1.82, 2.24) is 20.6 Å². The van der Waals surface area contributed by atoms with Crippen molar-refractivity contribution in [2.24, 2.45) is 29.1 Å². The summed E-state index contributed by atoms with van der Waals surface area (Å²) < 4.78 is 30.4. The number of benzene rings is 2. The Bertz CT molecular complexity index is 1770. The summed E-state index contributed by atoms with van der Waals surface area (Å²) >= 11 is 0. The molecule has 4 rings (SSSR count). The molecule has 4 N–H and O–H groups in total. The summed E-state index contributed by atoms with van der Waals surface area (Å²) in [7, 11) is 5.57. The topological polar surface area (TPSA) is 161 Å². The highest BCUT2D eigenvalue weighted by atomic mass is 32.2. The average Bonchev–Trinajstić information content (AvgIpc) is 3.47. The van der Waals surface area contributed by atoms with Gasteiger partial charge in [-0.05, 0) is 74.4 Å². The summed E-state index contributed by atoms with van der Waals surface area (Å²) in [4.78, 5) is 38.0. The summed E-state index contributed by atoms with van der Waals surface area (Å²) in [6.07, 6.45) is 0.235. The summed E-state index contributed by atoms with van der Waals surface area (Å²) in [6.45, 7) is 12.9. The fraction of sp³-hybridized carbons (Fsp3) is 0.659. The second kappa shape index (κ2) is 17.9. The van der Waals surface area contributed by atoms with Gasteiger partial charge in [0.1, 0.15) is 27.7 Å². The zero-order valence-electron chi connectivity index (χ0n) is 34.8. The van der Waals surface area contributed by atoms with Crippen LogP contribution in [0.2, 0.25) is 0 Å². The number of anilines is 1. The molecule has 2 fully saturated rings. The lowest BCUT2D eigenvalue weighted by Crippen LogP contribution is -2.56. The SMILES string of the molecule is COc1c(CN2O[C@@H](CO)[C@@H]([C@H](C)O)[C@H]2C(=O)N[C@H]2C[C@@H](C)C(C)(C)[C@@H](C)[C@@H]2C)cccc1-c1cc(C(=O)N[C@H](CN(C)C)CS(C)(=O)=O)cc(N(C)C)c1. The van der Waals surface area contributed by atoms with Gasteiger partial charge in [0.2, 0.25) is 5.91 Å². The number of aliphatic hydroxyl groups excluding tert-OH is 2. The number of methoxy groups -OCH3 is 1. The van der Waals surface area contributed by atoms with Crippen molar-refractivity contribution in [3.8, 4) is 16.9 Å². The number of hydroxylamine groups is 2. The molecule has 14 heteroatoms. The number of amides is 2. The number of nitrogens with one attached hydrogen (secondary N) is 2. The van der Waals surface area contributed by atoms with E-state index < -0.39 is 46.0 Å². The molecule has 1 aliphatic carbocycles. The molecule has 0 radical (unpaired) electrons. The zero-order valence-corrected chi connectivity index (χ0v) is 35.6. The molecule has 55 heavy (non-hydrogen) atoms. The van der Waals surface area contributed by atoms with Crippen LogP contribution in [0.5, 0.6) is 5.75 Å². The van der Waals surface area contributed by atoms with Gasteiger partial charge in [-0.2, -0.15) is 5.06 Å². The highest BCUT2D eigenvalue weighted by Gasteiger charge is 2.51. The molecule has 1 saturated heterocycles. The van der Waals surface area contributed by atoms with E-state index in [2.05, 4.69) is 45.3 Å². The minimum absolute atomic E-state index is 0.0621. The molecule has 9 atom stereocenters. The highest BCUT2D eigenvalue weighted by molar-refractivity contribution is 7.90. The van der Waals surface area contributed by atoms with Crippen molar-refractivity contribution in [2.75, 3.05) is 65.4 Å². The van der Waals surface area contributed by atoms with Gasteiger partial charge >= 0.3 is 0 Å². The predicted octanol–water partition coefficient (Wildman–Crippen LogP) is 3.43. The number of hydrogen-bond donors (Lipinski definition) is 4. The first-order valence-corrected chi connectivity index (χ1v) is 21.3. The molecular weight excluding hydrogens is 723 g/mol. The van der Waals surface area contributed by atoms with Crippen LogP contribution >= 0.6 is 0 Å². The second-order valence-corrected chi connectivity index (χ2v) is 19.3. The van der Waals surface area contributed by atoms with Gasteiger partial charge in [-0.3, -0.25) is 14.4 Å². The van der Waals surface area contributed by atoms with Crippen molar-refractivity contribution in [3.63, 3.8) is 0 Å². The van der Waals surface area contributed by atoms with Crippen molar-refractivity contribution >= 4 is 27.3 Å². The maximum Gasteiger partial charge on any atom is 0.251 e. The second-order valence-electron chi connectivity index (χ2n) is 17.1. The Morgan fingerprint density at radius 3 is 2.35 bits per heavy atom. The third kappa shape index (κ3) is 10.4. The van der Waals surface area contributed by atoms with Gasteiger partial charge in [0.05, 0.1) is 38.2 Å². The van der Waals surface area contributed by atoms with Crippen LogP contribution in [0.15, 0.2) is 36.4 Å². The maximum atomic E-state index is 14.3. The van der Waals surface area contributed by atoms with Gasteiger partial charge in [-0.1, -0.05) is 52.8 Å². The molecule has 0 aromatic heterocycles. The molecule has 1 saturated carbocycles. The number of hydrogen-bond acceptors (Lipinski definition) is 11. The third-order valence-electron chi connectivity index (χ3n) is 12.2. The van der Waals surface area contributed by atoms with E-state index in [1.54, 1.807) is 31.2 Å². The van der Waals surface area contributed by atoms with Gasteiger partial charge in [-0.25, -0.2) is 8.42 Å². The lowest BCUT2D eigenvalue weighted by molar-refractivity contribution is -0.182. The quantitative estimate of drug-likeness (QED) is 0.210. The van der Waals surface area contributed by atoms with Crippen LogP contribution in [-0.4, -0.2) is 131 Å². The normalized spacial score (nSPS) is 26.7. The molecule has 0 bridgehead atoms.